The summed E-state index contributed by atoms with van der Waals surface area (Å²) >= 11 is 3.17. The highest BCUT2D eigenvalue weighted by Crippen LogP contribution is 2.30. The van der Waals surface area contributed by atoms with E-state index in [-0.39, 0.29) is 17.0 Å². The number of aliphatic carboxylic acids is 1. The Bertz CT molecular complexity index is 890. The van der Waals surface area contributed by atoms with Gasteiger partial charge in [0.15, 0.2) is 4.74 Å². The van der Waals surface area contributed by atoms with E-state index in [4.69, 9.17) is 10.8 Å². The molecule has 2 rings (SSSR count). The second kappa shape index (κ2) is 8.21. The number of nitrogens with one attached hydrogen (secondary N) is 2. The first-order valence-electron chi connectivity index (χ1n) is 8.87. The summed E-state index contributed by atoms with van der Waals surface area (Å²) in [6.45, 7) is 7.83. The van der Waals surface area contributed by atoms with E-state index < -0.39 is 11.4 Å². The fourth-order valence-electron chi connectivity index (χ4n) is 3.07. The van der Waals surface area contributed by atoms with Crippen molar-refractivity contribution in [2.24, 2.45) is 5.41 Å². The van der Waals surface area contributed by atoms with Crippen LogP contribution in [0.25, 0.3) is 10.8 Å². The maximum absolute atomic E-state index is 11.4. The Morgan fingerprint density at radius 1 is 1.15 bits per heavy atom. The monoisotopic (exact) mass is 431 g/mol. The molecule has 0 fully saturated rings. The Kier molecular flexibility index (Phi) is 6.42. The van der Waals surface area contributed by atoms with Gasteiger partial charge in [-0.15, -0.1) is 0 Å². The van der Waals surface area contributed by atoms with Crippen molar-refractivity contribution in [1.29, 1.82) is 10.8 Å². The summed E-state index contributed by atoms with van der Waals surface area (Å²) in [5.41, 5.74) is 1.19. The van der Waals surface area contributed by atoms with Crippen LogP contribution in [0.15, 0.2) is 36.4 Å². The lowest BCUT2D eigenvalue weighted by Crippen LogP contribution is -2.37. The number of hydrogen-bond donors (Lipinski definition) is 3. The molecule has 0 heterocycles. The van der Waals surface area contributed by atoms with Crippen LogP contribution in [0.4, 0.5) is 0 Å². The molecule has 3 N–H and O–H groups in total. The predicted molar refractivity (Wildman–Crippen MR) is 114 cm³/mol. The van der Waals surface area contributed by atoms with Gasteiger partial charge in [-0.1, -0.05) is 50.2 Å². The first-order chi connectivity index (χ1) is 12.5. The van der Waals surface area contributed by atoms with Crippen molar-refractivity contribution in [3.8, 4) is 0 Å². The van der Waals surface area contributed by atoms with E-state index in [2.05, 4.69) is 48.0 Å². The Morgan fingerprint density at radius 2 is 1.74 bits per heavy atom. The highest BCUT2D eigenvalue weighted by Gasteiger charge is 2.31. The molecule has 0 saturated heterocycles. The molecule has 0 aromatic heterocycles. The highest BCUT2D eigenvalue weighted by molar-refractivity contribution is 9.18. The SMILES string of the molecule is CC(C)c1ccc(CN(C(=N)Br)C(=N)CC(C)(C)C(=O)O)c2ccccc12. The standard InChI is InChI=1S/C21H26BrN3O2/c1-13(2)15-10-9-14(16-7-5-6-8-17(15)16)12-25(20(22)24)18(23)11-21(3,4)19(26)27/h5-10,13,23-24H,11-12H2,1-4H3,(H,26,27). The topological polar surface area (TPSA) is 88.2 Å². The summed E-state index contributed by atoms with van der Waals surface area (Å²) in [7, 11) is 0. The van der Waals surface area contributed by atoms with E-state index in [1.54, 1.807) is 13.8 Å². The number of halogens is 1. The summed E-state index contributed by atoms with van der Waals surface area (Å²) < 4.78 is 0.0470. The quantitative estimate of drug-likeness (QED) is 0.317. The molecule has 2 aromatic carbocycles. The van der Waals surface area contributed by atoms with Gasteiger partial charge in [0.05, 0.1) is 12.0 Å². The van der Waals surface area contributed by atoms with Gasteiger partial charge in [-0.2, -0.15) is 0 Å². The van der Waals surface area contributed by atoms with Gasteiger partial charge in [0.25, 0.3) is 0 Å². The fraction of sp³-hybridized carbons (Fsp3) is 0.381. The van der Waals surface area contributed by atoms with Crippen molar-refractivity contribution in [1.82, 2.24) is 4.90 Å². The van der Waals surface area contributed by atoms with Crippen molar-refractivity contribution in [3.05, 3.63) is 47.5 Å². The van der Waals surface area contributed by atoms with Gasteiger partial charge >= 0.3 is 5.97 Å². The van der Waals surface area contributed by atoms with Crippen molar-refractivity contribution >= 4 is 43.3 Å². The van der Waals surface area contributed by atoms with Crippen LogP contribution in [0, 0.1) is 16.2 Å². The van der Waals surface area contributed by atoms with Crippen LogP contribution >= 0.6 is 15.9 Å². The van der Waals surface area contributed by atoms with Crippen LogP contribution in [0.5, 0.6) is 0 Å². The number of carboxylic acid groups (broad SMARTS) is 1. The van der Waals surface area contributed by atoms with Gasteiger partial charge in [-0.05, 0) is 57.6 Å². The minimum absolute atomic E-state index is 0.0400. The van der Waals surface area contributed by atoms with Gasteiger partial charge in [-0.25, -0.2) is 0 Å². The number of amidine groups is 2. The lowest BCUT2D eigenvalue weighted by molar-refractivity contribution is -0.146. The third kappa shape index (κ3) is 4.75. The van der Waals surface area contributed by atoms with E-state index in [0.717, 1.165) is 10.9 Å². The van der Waals surface area contributed by atoms with Crippen molar-refractivity contribution in [2.75, 3.05) is 0 Å². The molecule has 0 amide bonds. The fourth-order valence-corrected chi connectivity index (χ4v) is 3.41. The maximum Gasteiger partial charge on any atom is 0.309 e. The summed E-state index contributed by atoms with van der Waals surface area (Å²) in [5, 5.41) is 28.0. The zero-order chi connectivity index (χ0) is 20.4. The van der Waals surface area contributed by atoms with Crippen LogP contribution < -0.4 is 0 Å². The molecule has 0 unspecified atom stereocenters. The molecule has 0 bridgehead atoms. The molecule has 0 spiro atoms. The number of hydrogen-bond acceptors (Lipinski definition) is 3. The van der Waals surface area contributed by atoms with E-state index in [9.17, 15) is 9.90 Å². The molecule has 0 aliphatic carbocycles. The van der Waals surface area contributed by atoms with Gasteiger partial charge in [0, 0.05) is 6.42 Å². The smallest absolute Gasteiger partial charge is 0.309 e. The maximum atomic E-state index is 11.4. The summed E-state index contributed by atoms with van der Waals surface area (Å²) in [4.78, 5) is 12.9. The molecule has 0 atom stereocenters. The van der Waals surface area contributed by atoms with E-state index >= 15 is 0 Å². The van der Waals surface area contributed by atoms with Crippen molar-refractivity contribution in [3.63, 3.8) is 0 Å². The highest BCUT2D eigenvalue weighted by atomic mass is 79.9. The normalized spacial score (nSPS) is 11.6. The number of rotatable bonds is 6. The van der Waals surface area contributed by atoms with Crippen LogP contribution in [0.1, 0.15) is 51.2 Å². The molecule has 0 aliphatic heterocycles. The van der Waals surface area contributed by atoms with E-state index in [1.807, 2.05) is 18.2 Å². The minimum Gasteiger partial charge on any atom is -0.481 e. The molecule has 27 heavy (non-hydrogen) atoms. The lowest BCUT2D eigenvalue weighted by Gasteiger charge is -2.28. The number of carbonyl (C=O) groups is 1. The molecule has 0 radical (unpaired) electrons. The first kappa shape index (κ1) is 21.1. The largest absolute Gasteiger partial charge is 0.481 e. The second-order valence-electron chi connectivity index (χ2n) is 7.70. The Morgan fingerprint density at radius 3 is 2.26 bits per heavy atom. The second-order valence-corrected chi connectivity index (χ2v) is 8.45. The van der Waals surface area contributed by atoms with Crippen LogP contribution in [0.3, 0.4) is 0 Å². The molecule has 5 nitrogen and oxygen atoms in total. The molecule has 144 valence electrons. The third-order valence-electron chi connectivity index (χ3n) is 4.75. The Hall–Kier alpha value is -2.21. The molecule has 0 saturated carbocycles. The lowest BCUT2D eigenvalue weighted by atomic mass is 9.88. The summed E-state index contributed by atoms with van der Waals surface area (Å²) in [5.74, 6) is -0.467. The van der Waals surface area contributed by atoms with Crippen LogP contribution in [-0.2, 0) is 11.3 Å². The molecular weight excluding hydrogens is 406 g/mol. The zero-order valence-corrected chi connectivity index (χ0v) is 17.7. The van der Waals surface area contributed by atoms with Gasteiger partial charge in [0.1, 0.15) is 5.84 Å². The molecule has 2 aromatic rings. The van der Waals surface area contributed by atoms with E-state index in [0.29, 0.717) is 12.5 Å². The number of nitrogens with zero attached hydrogens (tertiary/aromatic N) is 1. The first-order valence-corrected chi connectivity index (χ1v) is 9.67. The van der Waals surface area contributed by atoms with Crippen molar-refractivity contribution in [2.45, 2.75) is 46.6 Å². The Labute approximate surface area is 168 Å². The zero-order valence-electron chi connectivity index (χ0n) is 16.1. The van der Waals surface area contributed by atoms with Gasteiger partial charge in [0.2, 0.25) is 0 Å². The van der Waals surface area contributed by atoms with Crippen LogP contribution in [0.2, 0.25) is 0 Å². The average molecular weight is 432 g/mol. The van der Waals surface area contributed by atoms with E-state index in [1.165, 1.54) is 15.8 Å². The number of carboxylic acids is 1. The molecular formula is C21H26BrN3O2. The third-order valence-corrected chi connectivity index (χ3v) is 5.18. The number of benzene rings is 2. The number of fused-ring (bicyclic) bond motifs is 1. The van der Waals surface area contributed by atoms with Gasteiger partial charge in [-0.3, -0.25) is 15.6 Å². The van der Waals surface area contributed by atoms with Gasteiger partial charge < -0.3 is 10.0 Å². The average Bonchev–Trinajstić information content (AvgIpc) is 2.58. The Balaban J connectivity index is 2.40. The minimum atomic E-state index is -1.07. The van der Waals surface area contributed by atoms with Crippen molar-refractivity contribution < 1.29 is 9.90 Å². The summed E-state index contributed by atoms with van der Waals surface area (Å²) in [6, 6.07) is 12.3. The van der Waals surface area contributed by atoms with Crippen LogP contribution in [-0.4, -0.2) is 26.6 Å². The predicted octanol–water partition coefficient (Wildman–Crippen LogP) is 5.57. The molecule has 0 aliphatic rings. The molecule has 6 heteroatoms. The summed E-state index contributed by atoms with van der Waals surface area (Å²) in [6.07, 6.45) is 0.0400.